The smallest absolute Gasteiger partial charge is 0.154 e. The molecule has 1 fully saturated rings. The van der Waals surface area contributed by atoms with E-state index in [0.717, 1.165) is 37.1 Å². The molecule has 1 aromatic rings. The number of halogens is 2. The Labute approximate surface area is 124 Å². The SMILES string of the molecule is CCC1(C)CC(Nc2c(C)cc(Cl)nc2Cl)CCO1. The summed E-state index contributed by atoms with van der Waals surface area (Å²) in [6.45, 7) is 7.08. The van der Waals surface area contributed by atoms with Crippen LogP contribution in [0.3, 0.4) is 0 Å². The first-order valence-electron chi connectivity index (χ1n) is 6.66. The van der Waals surface area contributed by atoms with E-state index in [-0.39, 0.29) is 5.60 Å². The monoisotopic (exact) mass is 302 g/mol. The lowest BCUT2D eigenvalue weighted by atomic mass is 9.89. The van der Waals surface area contributed by atoms with Gasteiger partial charge in [-0.3, -0.25) is 0 Å². The lowest BCUT2D eigenvalue weighted by Gasteiger charge is -2.38. The minimum atomic E-state index is -0.0455. The summed E-state index contributed by atoms with van der Waals surface area (Å²) in [4.78, 5) is 4.09. The summed E-state index contributed by atoms with van der Waals surface area (Å²) in [6.07, 6.45) is 2.96. The van der Waals surface area contributed by atoms with Gasteiger partial charge in [0.25, 0.3) is 0 Å². The van der Waals surface area contributed by atoms with Crippen LogP contribution in [0.5, 0.6) is 0 Å². The number of anilines is 1. The summed E-state index contributed by atoms with van der Waals surface area (Å²) in [7, 11) is 0. The number of aromatic nitrogens is 1. The van der Waals surface area contributed by atoms with Gasteiger partial charge in [0.1, 0.15) is 5.15 Å². The van der Waals surface area contributed by atoms with Gasteiger partial charge >= 0.3 is 0 Å². The number of ether oxygens (including phenoxy) is 1. The van der Waals surface area contributed by atoms with Crippen molar-refractivity contribution in [3.63, 3.8) is 0 Å². The average molecular weight is 303 g/mol. The molecule has 19 heavy (non-hydrogen) atoms. The van der Waals surface area contributed by atoms with Gasteiger partial charge in [0.2, 0.25) is 0 Å². The molecule has 106 valence electrons. The number of rotatable bonds is 3. The summed E-state index contributed by atoms with van der Waals surface area (Å²) in [5.41, 5.74) is 1.86. The standard InChI is InChI=1S/C14H20Cl2N2O/c1-4-14(3)8-10(5-6-19-14)17-12-9(2)7-11(15)18-13(12)16/h7,10,17H,4-6,8H2,1-3H3. The second kappa shape index (κ2) is 5.86. The lowest BCUT2D eigenvalue weighted by Crippen LogP contribution is -2.42. The minimum absolute atomic E-state index is 0.0455. The molecule has 0 aromatic carbocycles. The maximum Gasteiger partial charge on any atom is 0.154 e. The van der Waals surface area contributed by atoms with E-state index in [1.54, 1.807) is 0 Å². The van der Waals surface area contributed by atoms with Gasteiger partial charge in [-0.2, -0.15) is 0 Å². The Bertz CT molecular complexity index is 444. The third-order valence-electron chi connectivity index (χ3n) is 3.83. The molecule has 2 unspecified atom stereocenters. The Hall–Kier alpha value is -0.510. The molecule has 2 heterocycles. The number of pyridine rings is 1. The molecule has 0 radical (unpaired) electrons. The molecular formula is C14H20Cl2N2O. The predicted molar refractivity (Wildman–Crippen MR) is 80.3 cm³/mol. The molecule has 1 aromatic heterocycles. The first-order valence-corrected chi connectivity index (χ1v) is 7.42. The van der Waals surface area contributed by atoms with E-state index in [0.29, 0.717) is 16.3 Å². The lowest BCUT2D eigenvalue weighted by molar-refractivity contribution is -0.0708. The zero-order chi connectivity index (χ0) is 14.0. The molecule has 1 N–H and O–H groups in total. The largest absolute Gasteiger partial charge is 0.379 e. The fraction of sp³-hybridized carbons (Fsp3) is 0.643. The molecule has 0 spiro atoms. The Balaban J connectivity index is 2.13. The molecule has 1 aliphatic rings. The fourth-order valence-corrected chi connectivity index (χ4v) is 3.06. The molecule has 0 amide bonds. The molecule has 0 bridgehead atoms. The van der Waals surface area contributed by atoms with Crippen LogP contribution in [0.1, 0.15) is 38.7 Å². The molecule has 1 saturated heterocycles. The van der Waals surface area contributed by atoms with E-state index in [9.17, 15) is 0 Å². The molecule has 3 nitrogen and oxygen atoms in total. The second-order valence-electron chi connectivity index (χ2n) is 5.41. The summed E-state index contributed by atoms with van der Waals surface area (Å²) in [5.74, 6) is 0. The van der Waals surface area contributed by atoms with Crippen LogP contribution in [0.15, 0.2) is 6.07 Å². The number of aryl methyl sites for hydroxylation is 1. The quantitative estimate of drug-likeness (QED) is 0.837. The zero-order valence-corrected chi connectivity index (χ0v) is 13.1. The van der Waals surface area contributed by atoms with Crippen molar-refractivity contribution in [2.24, 2.45) is 0 Å². The first-order chi connectivity index (χ1) is 8.93. The third kappa shape index (κ3) is 3.53. The van der Waals surface area contributed by atoms with Crippen LogP contribution in [0.25, 0.3) is 0 Å². The molecule has 0 saturated carbocycles. The van der Waals surface area contributed by atoms with Crippen molar-refractivity contribution in [2.75, 3.05) is 11.9 Å². The predicted octanol–water partition coefficient (Wildman–Crippen LogP) is 4.46. The highest BCUT2D eigenvalue weighted by Gasteiger charge is 2.32. The average Bonchev–Trinajstić information content (AvgIpc) is 2.34. The molecule has 2 atom stereocenters. The van der Waals surface area contributed by atoms with E-state index < -0.39 is 0 Å². The molecule has 2 rings (SSSR count). The molecular weight excluding hydrogens is 283 g/mol. The third-order valence-corrected chi connectivity index (χ3v) is 4.30. The summed E-state index contributed by atoms with van der Waals surface area (Å²) < 4.78 is 5.85. The highest BCUT2D eigenvalue weighted by Crippen LogP contribution is 2.32. The van der Waals surface area contributed by atoms with Crippen molar-refractivity contribution in [3.8, 4) is 0 Å². The Morgan fingerprint density at radius 2 is 2.26 bits per heavy atom. The minimum Gasteiger partial charge on any atom is -0.379 e. The molecule has 0 aliphatic carbocycles. The highest BCUT2D eigenvalue weighted by molar-refractivity contribution is 6.34. The van der Waals surface area contributed by atoms with Gasteiger partial charge in [-0.15, -0.1) is 0 Å². The van der Waals surface area contributed by atoms with Gasteiger partial charge < -0.3 is 10.1 Å². The van der Waals surface area contributed by atoms with Crippen molar-refractivity contribution in [3.05, 3.63) is 21.9 Å². The van der Waals surface area contributed by atoms with Gasteiger partial charge in [0.15, 0.2) is 5.15 Å². The van der Waals surface area contributed by atoms with Crippen LogP contribution in [0, 0.1) is 6.92 Å². The van der Waals surface area contributed by atoms with Crippen LogP contribution < -0.4 is 5.32 Å². The van der Waals surface area contributed by atoms with Crippen LogP contribution >= 0.6 is 23.2 Å². The second-order valence-corrected chi connectivity index (χ2v) is 6.16. The van der Waals surface area contributed by atoms with Crippen LogP contribution in [0.2, 0.25) is 10.3 Å². The van der Waals surface area contributed by atoms with Gasteiger partial charge in [-0.05, 0) is 44.7 Å². The van der Waals surface area contributed by atoms with E-state index in [1.807, 2.05) is 13.0 Å². The van der Waals surface area contributed by atoms with E-state index in [4.69, 9.17) is 27.9 Å². The number of nitrogens with zero attached hydrogens (tertiary/aromatic N) is 1. The van der Waals surface area contributed by atoms with Gasteiger partial charge in [-0.1, -0.05) is 30.1 Å². The van der Waals surface area contributed by atoms with Gasteiger partial charge in [0.05, 0.1) is 11.3 Å². The van der Waals surface area contributed by atoms with Crippen LogP contribution in [-0.4, -0.2) is 23.2 Å². The summed E-state index contributed by atoms with van der Waals surface area (Å²) in [6, 6.07) is 2.19. The van der Waals surface area contributed by atoms with Crippen molar-refractivity contribution < 1.29 is 4.74 Å². The van der Waals surface area contributed by atoms with Gasteiger partial charge in [-0.25, -0.2) is 4.98 Å². The molecule has 5 heteroatoms. The Kier molecular flexibility index (Phi) is 4.59. The highest BCUT2D eigenvalue weighted by atomic mass is 35.5. The summed E-state index contributed by atoms with van der Waals surface area (Å²) in [5, 5.41) is 4.37. The maximum atomic E-state index is 6.17. The van der Waals surface area contributed by atoms with Crippen LogP contribution in [-0.2, 0) is 4.74 Å². The van der Waals surface area contributed by atoms with E-state index in [1.165, 1.54) is 0 Å². The van der Waals surface area contributed by atoms with Crippen molar-refractivity contribution in [2.45, 2.75) is 51.7 Å². The van der Waals surface area contributed by atoms with Crippen molar-refractivity contribution in [1.82, 2.24) is 4.98 Å². The Morgan fingerprint density at radius 3 is 2.89 bits per heavy atom. The number of nitrogens with one attached hydrogen (secondary N) is 1. The summed E-state index contributed by atoms with van der Waals surface area (Å²) >= 11 is 12.1. The fourth-order valence-electron chi connectivity index (χ4n) is 2.47. The molecule has 1 aliphatic heterocycles. The normalized spacial score (nSPS) is 27.3. The van der Waals surface area contributed by atoms with Crippen LogP contribution in [0.4, 0.5) is 5.69 Å². The van der Waals surface area contributed by atoms with Gasteiger partial charge in [0, 0.05) is 12.6 Å². The first kappa shape index (κ1) is 14.9. The number of hydrogen-bond acceptors (Lipinski definition) is 3. The maximum absolute atomic E-state index is 6.17. The van der Waals surface area contributed by atoms with E-state index >= 15 is 0 Å². The van der Waals surface area contributed by atoms with Crippen molar-refractivity contribution in [1.29, 1.82) is 0 Å². The van der Waals surface area contributed by atoms with Crippen molar-refractivity contribution >= 4 is 28.9 Å². The number of hydrogen-bond donors (Lipinski definition) is 1. The van der Waals surface area contributed by atoms with E-state index in [2.05, 4.69) is 24.1 Å². The topological polar surface area (TPSA) is 34.2 Å². The Morgan fingerprint density at radius 1 is 1.53 bits per heavy atom. The zero-order valence-electron chi connectivity index (χ0n) is 11.6.